The molecule has 2 aromatic rings. The summed E-state index contributed by atoms with van der Waals surface area (Å²) in [4.78, 5) is 17.2. The summed E-state index contributed by atoms with van der Waals surface area (Å²) in [7, 11) is 4.70. The summed E-state index contributed by atoms with van der Waals surface area (Å²) in [6.45, 7) is 3.70. The topological polar surface area (TPSA) is 108 Å². The van der Waals surface area contributed by atoms with Gasteiger partial charge in [-0.1, -0.05) is 24.3 Å². The number of amides is 1. The Bertz CT molecular complexity index is 1020. The molecular weight excluding hydrogens is 420 g/mol. The van der Waals surface area contributed by atoms with Crippen LogP contribution in [0.1, 0.15) is 17.5 Å². The Balaban J connectivity index is 2.31. The second-order valence-electron chi connectivity index (χ2n) is 6.19. The van der Waals surface area contributed by atoms with Gasteiger partial charge in [-0.15, -0.1) is 0 Å². The monoisotopic (exact) mass is 446 g/mol. The van der Waals surface area contributed by atoms with Crippen LogP contribution in [0.3, 0.4) is 0 Å². The molecule has 1 aromatic carbocycles. The maximum atomic E-state index is 12.7. The van der Waals surface area contributed by atoms with Crippen LogP contribution in [-0.4, -0.2) is 56.8 Å². The maximum Gasteiger partial charge on any atom is 0.290 e. The summed E-state index contributed by atoms with van der Waals surface area (Å²) in [5.41, 5.74) is 0.515. The Kier molecular flexibility index (Phi) is 9.90. The van der Waals surface area contributed by atoms with Gasteiger partial charge in [0.1, 0.15) is 23.3 Å². The number of aromatic nitrogens is 2. The number of carbonyl (C=O) groups is 1. The molecule has 0 unspecified atom stereocenters. The van der Waals surface area contributed by atoms with E-state index in [0.29, 0.717) is 48.2 Å². The summed E-state index contributed by atoms with van der Waals surface area (Å²) < 4.78 is 22.6. The molecule has 0 N–H and O–H groups in total. The van der Waals surface area contributed by atoms with E-state index in [-0.39, 0.29) is 5.57 Å². The van der Waals surface area contributed by atoms with E-state index in [1.54, 1.807) is 37.1 Å². The van der Waals surface area contributed by atoms with Crippen molar-refractivity contribution in [2.45, 2.75) is 19.9 Å². The van der Waals surface area contributed by atoms with E-state index in [2.05, 4.69) is 10.1 Å². The number of nitriles is 1. The number of benzene rings is 1. The van der Waals surface area contributed by atoms with Gasteiger partial charge in [-0.3, -0.25) is 4.79 Å². The standard InChI is InChI=1S/C21H26N4O5S/c1-5-19-24-25(8-9-27-2)21(31-19)23-20(26)16(14-22)12-15-6-7-17(18(13-15)29-4)30-11-10-28-3/h6-7,12-13H,5,8-11H2,1-4H3. The highest BCUT2D eigenvalue weighted by Gasteiger charge is 2.12. The first kappa shape index (κ1) is 24.3. The zero-order valence-electron chi connectivity index (χ0n) is 18.1. The van der Waals surface area contributed by atoms with Crippen molar-refractivity contribution in [3.63, 3.8) is 0 Å². The fourth-order valence-corrected chi connectivity index (χ4v) is 3.35. The van der Waals surface area contributed by atoms with Crippen LogP contribution in [0, 0.1) is 11.3 Å². The molecule has 9 nitrogen and oxygen atoms in total. The van der Waals surface area contributed by atoms with Crippen molar-refractivity contribution in [1.29, 1.82) is 5.26 Å². The Hall–Kier alpha value is -3.00. The van der Waals surface area contributed by atoms with Crippen LogP contribution >= 0.6 is 11.3 Å². The van der Waals surface area contributed by atoms with Crippen LogP contribution in [0.5, 0.6) is 11.5 Å². The maximum absolute atomic E-state index is 12.7. The first-order chi connectivity index (χ1) is 15.1. The van der Waals surface area contributed by atoms with E-state index in [4.69, 9.17) is 18.9 Å². The van der Waals surface area contributed by atoms with Crippen molar-refractivity contribution in [2.24, 2.45) is 4.99 Å². The minimum Gasteiger partial charge on any atom is -0.493 e. The molecule has 0 aliphatic rings. The van der Waals surface area contributed by atoms with Gasteiger partial charge >= 0.3 is 0 Å². The highest BCUT2D eigenvalue weighted by Crippen LogP contribution is 2.29. The molecule has 2 rings (SSSR count). The molecule has 0 aliphatic heterocycles. The van der Waals surface area contributed by atoms with Gasteiger partial charge in [-0.25, -0.2) is 4.68 Å². The summed E-state index contributed by atoms with van der Waals surface area (Å²) in [5, 5.41) is 14.8. The molecule has 0 saturated heterocycles. The van der Waals surface area contributed by atoms with Crippen molar-refractivity contribution in [2.75, 3.05) is 41.2 Å². The average Bonchev–Trinajstić information content (AvgIpc) is 3.18. The number of ether oxygens (including phenoxy) is 4. The smallest absolute Gasteiger partial charge is 0.290 e. The predicted molar refractivity (Wildman–Crippen MR) is 116 cm³/mol. The van der Waals surface area contributed by atoms with Gasteiger partial charge in [-0.2, -0.15) is 15.4 Å². The second-order valence-corrected chi connectivity index (χ2v) is 7.23. The first-order valence-electron chi connectivity index (χ1n) is 9.62. The Labute approximate surface area is 185 Å². The molecule has 0 fully saturated rings. The molecule has 0 radical (unpaired) electrons. The largest absolute Gasteiger partial charge is 0.493 e. The number of methoxy groups -OCH3 is 3. The van der Waals surface area contributed by atoms with Crippen LogP contribution < -0.4 is 14.3 Å². The Morgan fingerprint density at radius 3 is 2.65 bits per heavy atom. The number of carbonyl (C=O) groups excluding carboxylic acids is 1. The lowest BCUT2D eigenvalue weighted by Crippen LogP contribution is -2.21. The van der Waals surface area contributed by atoms with Gasteiger partial charge in [0, 0.05) is 14.2 Å². The summed E-state index contributed by atoms with van der Waals surface area (Å²) in [6, 6.07) is 7.06. The lowest BCUT2D eigenvalue weighted by molar-refractivity contribution is -0.114. The van der Waals surface area contributed by atoms with E-state index < -0.39 is 5.91 Å². The zero-order valence-corrected chi connectivity index (χ0v) is 18.9. The van der Waals surface area contributed by atoms with E-state index >= 15 is 0 Å². The summed E-state index contributed by atoms with van der Waals surface area (Å²) >= 11 is 1.32. The van der Waals surface area contributed by atoms with E-state index in [0.717, 1.165) is 11.4 Å². The highest BCUT2D eigenvalue weighted by molar-refractivity contribution is 7.08. The molecule has 0 spiro atoms. The number of rotatable bonds is 11. The molecule has 0 bridgehead atoms. The van der Waals surface area contributed by atoms with Gasteiger partial charge in [0.2, 0.25) is 4.80 Å². The lowest BCUT2D eigenvalue weighted by atomic mass is 10.1. The van der Waals surface area contributed by atoms with Gasteiger partial charge in [0.15, 0.2) is 11.5 Å². The summed E-state index contributed by atoms with van der Waals surface area (Å²) in [6.07, 6.45) is 2.19. The van der Waals surface area contributed by atoms with Crippen LogP contribution in [0.25, 0.3) is 6.08 Å². The number of aryl methyl sites for hydroxylation is 1. The van der Waals surface area contributed by atoms with Crippen molar-refractivity contribution in [3.8, 4) is 17.6 Å². The molecule has 166 valence electrons. The summed E-state index contributed by atoms with van der Waals surface area (Å²) in [5.74, 6) is 0.389. The Morgan fingerprint density at radius 1 is 1.23 bits per heavy atom. The number of nitrogens with zero attached hydrogens (tertiary/aromatic N) is 4. The van der Waals surface area contributed by atoms with Crippen LogP contribution in [0.15, 0.2) is 28.8 Å². The van der Waals surface area contributed by atoms with Crippen LogP contribution in [-0.2, 0) is 27.2 Å². The third-order valence-electron chi connectivity index (χ3n) is 4.06. The van der Waals surface area contributed by atoms with Gasteiger partial charge in [-0.05, 0) is 30.2 Å². The quantitative estimate of drug-likeness (QED) is 0.296. The SMILES string of the molecule is CCc1nn(CCOC)c(=NC(=O)C(C#N)=Cc2ccc(OCCOC)c(OC)c2)s1. The second kappa shape index (κ2) is 12.6. The number of hydrogen-bond donors (Lipinski definition) is 0. The first-order valence-corrected chi connectivity index (χ1v) is 10.4. The van der Waals surface area contributed by atoms with Crippen molar-refractivity contribution in [3.05, 3.63) is 39.1 Å². The number of hydrogen-bond acceptors (Lipinski definition) is 8. The molecule has 31 heavy (non-hydrogen) atoms. The van der Waals surface area contributed by atoms with Gasteiger partial charge in [0.25, 0.3) is 5.91 Å². The molecular formula is C21H26N4O5S. The Morgan fingerprint density at radius 2 is 2.00 bits per heavy atom. The van der Waals surface area contributed by atoms with Crippen LogP contribution in [0.2, 0.25) is 0 Å². The zero-order chi connectivity index (χ0) is 22.6. The fourth-order valence-electron chi connectivity index (χ4n) is 2.49. The minimum atomic E-state index is -0.639. The van der Waals surface area contributed by atoms with Gasteiger partial charge < -0.3 is 18.9 Å². The molecule has 0 atom stereocenters. The molecule has 1 heterocycles. The minimum absolute atomic E-state index is 0.0974. The van der Waals surface area contributed by atoms with Crippen LogP contribution in [0.4, 0.5) is 0 Å². The molecule has 1 amide bonds. The molecule has 1 aromatic heterocycles. The lowest BCUT2D eigenvalue weighted by Gasteiger charge is -2.11. The van der Waals surface area contributed by atoms with Crippen molar-refractivity contribution < 1.29 is 23.7 Å². The van der Waals surface area contributed by atoms with Gasteiger partial charge in [0.05, 0.1) is 26.9 Å². The van der Waals surface area contributed by atoms with Crippen molar-refractivity contribution in [1.82, 2.24) is 9.78 Å². The molecule has 0 aliphatic carbocycles. The fraction of sp³-hybridized carbons (Fsp3) is 0.429. The molecule has 10 heteroatoms. The highest BCUT2D eigenvalue weighted by atomic mass is 32.1. The predicted octanol–water partition coefficient (Wildman–Crippen LogP) is 2.22. The molecule has 0 saturated carbocycles. The normalized spacial score (nSPS) is 12.0. The van der Waals surface area contributed by atoms with E-state index in [1.165, 1.54) is 24.5 Å². The average molecular weight is 447 g/mol. The van der Waals surface area contributed by atoms with Crippen molar-refractivity contribution >= 4 is 23.3 Å². The third-order valence-corrected chi connectivity index (χ3v) is 5.15. The third kappa shape index (κ3) is 7.03. The van der Waals surface area contributed by atoms with E-state index in [9.17, 15) is 10.1 Å². The van der Waals surface area contributed by atoms with E-state index in [1.807, 2.05) is 13.0 Å².